The molecular weight excluding hydrogens is 477 g/mol. The van der Waals surface area contributed by atoms with Gasteiger partial charge in [0.05, 0.1) is 11.1 Å². The lowest BCUT2D eigenvalue weighted by Gasteiger charge is -2.36. The number of rotatable bonds is 4. The molecule has 1 aromatic heterocycles. The first-order chi connectivity index (χ1) is 16.8. The van der Waals surface area contributed by atoms with Crippen molar-refractivity contribution in [3.8, 4) is 11.3 Å². The zero-order chi connectivity index (χ0) is 24.6. The summed E-state index contributed by atoms with van der Waals surface area (Å²) in [6.45, 7) is 1.82. The van der Waals surface area contributed by atoms with Gasteiger partial charge in [-0.05, 0) is 36.4 Å². The van der Waals surface area contributed by atoms with Crippen molar-refractivity contribution in [2.24, 2.45) is 0 Å². The van der Waals surface area contributed by atoms with Crippen LogP contribution in [-0.4, -0.2) is 46.8 Å². The third-order valence-electron chi connectivity index (χ3n) is 6.22. The monoisotopic (exact) mass is 498 g/mol. The molecule has 1 aliphatic heterocycles. The van der Waals surface area contributed by atoms with Gasteiger partial charge in [0.15, 0.2) is 0 Å². The first-order valence-corrected chi connectivity index (χ1v) is 11.6. The van der Waals surface area contributed by atoms with E-state index >= 15 is 0 Å². The second kappa shape index (κ2) is 9.26. The lowest BCUT2D eigenvalue weighted by Crippen LogP contribution is -2.49. The molecule has 1 fully saturated rings. The molecule has 180 valence electrons. The lowest BCUT2D eigenvalue weighted by atomic mass is 10.1. The predicted molar refractivity (Wildman–Crippen MR) is 130 cm³/mol. The standard InChI is InChI=1S/C26H22ClF3N4O/c27-20-9-10-23-22(16-20)25(18-5-2-1-3-6-18)31-34(23)17-24(35)33-13-11-32(12-14-33)21-8-4-7-19(15-21)26(28,29)30/h1-10,15-16H,11-14,17H2. The van der Waals surface area contributed by atoms with Crippen LogP contribution in [-0.2, 0) is 17.5 Å². The van der Waals surface area contributed by atoms with E-state index in [9.17, 15) is 18.0 Å². The number of alkyl halides is 3. The van der Waals surface area contributed by atoms with Crippen molar-refractivity contribution in [1.82, 2.24) is 14.7 Å². The van der Waals surface area contributed by atoms with Crippen molar-refractivity contribution in [2.45, 2.75) is 12.7 Å². The molecule has 0 atom stereocenters. The minimum atomic E-state index is -4.39. The Morgan fingerprint density at radius 1 is 0.914 bits per heavy atom. The van der Waals surface area contributed by atoms with E-state index < -0.39 is 11.7 Å². The van der Waals surface area contributed by atoms with Gasteiger partial charge in [0.25, 0.3) is 0 Å². The van der Waals surface area contributed by atoms with Gasteiger partial charge in [0, 0.05) is 47.8 Å². The van der Waals surface area contributed by atoms with Gasteiger partial charge in [0.2, 0.25) is 5.91 Å². The quantitative estimate of drug-likeness (QED) is 0.361. The van der Waals surface area contributed by atoms with Crippen molar-refractivity contribution in [3.05, 3.63) is 83.4 Å². The maximum Gasteiger partial charge on any atom is 0.416 e. The molecule has 4 aromatic rings. The van der Waals surface area contributed by atoms with Gasteiger partial charge in [-0.2, -0.15) is 18.3 Å². The number of amides is 1. The first-order valence-electron chi connectivity index (χ1n) is 11.2. The summed E-state index contributed by atoms with van der Waals surface area (Å²) in [6.07, 6.45) is -4.39. The van der Waals surface area contributed by atoms with E-state index in [2.05, 4.69) is 0 Å². The minimum Gasteiger partial charge on any atom is -0.368 e. The molecule has 0 spiro atoms. The topological polar surface area (TPSA) is 41.4 Å². The van der Waals surface area contributed by atoms with Crippen molar-refractivity contribution >= 4 is 34.1 Å². The number of carbonyl (C=O) groups excluding carboxylic acids is 1. The maximum absolute atomic E-state index is 13.1. The van der Waals surface area contributed by atoms with E-state index in [0.29, 0.717) is 36.9 Å². The number of hydrogen-bond donors (Lipinski definition) is 0. The molecule has 2 heterocycles. The summed E-state index contributed by atoms with van der Waals surface area (Å²) in [7, 11) is 0. The van der Waals surface area contributed by atoms with E-state index in [1.807, 2.05) is 47.4 Å². The number of piperazine rings is 1. The third-order valence-corrected chi connectivity index (χ3v) is 6.45. The summed E-state index contributed by atoms with van der Waals surface area (Å²) in [5.74, 6) is -0.0901. The number of benzene rings is 3. The van der Waals surface area contributed by atoms with E-state index in [0.717, 1.165) is 34.3 Å². The van der Waals surface area contributed by atoms with Crippen LogP contribution in [0, 0.1) is 0 Å². The summed E-state index contributed by atoms with van der Waals surface area (Å²) < 4.78 is 40.9. The van der Waals surface area contributed by atoms with E-state index in [4.69, 9.17) is 16.7 Å². The van der Waals surface area contributed by atoms with Gasteiger partial charge in [0.1, 0.15) is 12.2 Å². The molecule has 0 radical (unpaired) electrons. The van der Waals surface area contributed by atoms with E-state index in [1.165, 1.54) is 6.07 Å². The lowest BCUT2D eigenvalue weighted by molar-refractivity contribution is -0.137. The Morgan fingerprint density at radius 3 is 2.37 bits per heavy atom. The summed E-state index contributed by atoms with van der Waals surface area (Å²) in [4.78, 5) is 16.7. The third kappa shape index (κ3) is 4.84. The Labute approximate surface area is 205 Å². The van der Waals surface area contributed by atoms with Crippen molar-refractivity contribution < 1.29 is 18.0 Å². The van der Waals surface area contributed by atoms with E-state index in [-0.39, 0.29) is 12.5 Å². The zero-order valence-corrected chi connectivity index (χ0v) is 19.4. The maximum atomic E-state index is 13.1. The Balaban J connectivity index is 1.31. The van der Waals surface area contributed by atoms with Crippen LogP contribution in [0.2, 0.25) is 5.02 Å². The second-order valence-corrected chi connectivity index (χ2v) is 8.89. The molecule has 0 unspecified atom stereocenters. The summed E-state index contributed by atoms with van der Waals surface area (Å²) >= 11 is 6.23. The number of aromatic nitrogens is 2. The molecule has 1 saturated heterocycles. The molecule has 0 aliphatic carbocycles. The molecular formula is C26H22ClF3N4O. The van der Waals surface area contributed by atoms with E-state index in [1.54, 1.807) is 21.7 Å². The van der Waals surface area contributed by atoms with Crippen molar-refractivity contribution in [2.75, 3.05) is 31.1 Å². The highest BCUT2D eigenvalue weighted by Crippen LogP contribution is 2.32. The Kier molecular flexibility index (Phi) is 6.15. The fraction of sp³-hybridized carbons (Fsp3) is 0.231. The Hall–Kier alpha value is -3.52. The summed E-state index contributed by atoms with van der Waals surface area (Å²) in [5.41, 5.74) is 2.33. The summed E-state index contributed by atoms with van der Waals surface area (Å²) in [5, 5.41) is 6.18. The molecule has 0 N–H and O–H groups in total. The van der Waals surface area contributed by atoms with Gasteiger partial charge in [-0.25, -0.2) is 0 Å². The average Bonchev–Trinajstić information content (AvgIpc) is 3.21. The summed E-state index contributed by atoms with van der Waals surface area (Å²) in [6, 6.07) is 20.5. The van der Waals surface area contributed by atoms with Gasteiger partial charge in [-0.1, -0.05) is 48.0 Å². The van der Waals surface area contributed by atoms with Crippen LogP contribution in [0.25, 0.3) is 22.2 Å². The highest BCUT2D eigenvalue weighted by molar-refractivity contribution is 6.31. The van der Waals surface area contributed by atoms with Gasteiger partial charge in [-0.15, -0.1) is 0 Å². The number of hydrogen-bond acceptors (Lipinski definition) is 3. The fourth-order valence-corrected chi connectivity index (χ4v) is 4.57. The van der Waals surface area contributed by atoms with Crippen molar-refractivity contribution in [3.63, 3.8) is 0 Å². The smallest absolute Gasteiger partial charge is 0.368 e. The largest absolute Gasteiger partial charge is 0.416 e. The van der Waals surface area contributed by atoms with Crippen LogP contribution < -0.4 is 4.90 Å². The second-order valence-electron chi connectivity index (χ2n) is 8.45. The van der Waals surface area contributed by atoms with Crippen LogP contribution >= 0.6 is 11.6 Å². The highest BCUT2D eigenvalue weighted by atomic mass is 35.5. The van der Waals surface area contributed by atoms with Crippen molar-refractivity contribution in [1.29, 1.82) is 0 Å². The molecule has 5 rings (SSSR count). The molecule has 0 saturated carbocycles. The van der Waals surface area contributed by atoms with Crippen LogP contribution in [0.3, 0.4) is 0 Å². The molecule has 0 bridgehead atoms. The number of fused-ring (bicyclic) bond motifs is 1. The fourth-order valence-electron chi connectivity index (χ4n) is 4.40. The van der Waals surface area contributed by atoms with Crippen LogP contribution in [0.1, 0.15) is 5.56 Å². The zero-order valence-electron chi connectivity index (χ0n) is 18.7. The average molecular weight is 499 g/mol. The number of carbonyl (C=O) groups is 1. The van der Waals surface area contributed by atoms with Crippen LogP contribution in [0.15, 0.2) is 72.8 Å². The normalized spacial score (nSPS) is 14.5. The van der Waals surface area contributed by atoms with Gasteiger partial charge < -0.3 is 9.80 Å². The molecule has 5 nitrogen and oxygen atoms in total. The Bertz CT molecular complexity index is 1360. The predicted octanol–water partition coefficient (Wildman–Crippen LogP) is 5.72. The molecule has 3 aromatic carbocycles. The van der Waals surface area contributed by atoms with Crippen LogP contribution in [0.5, 0.6) is 0 Å². The number of nitrogens with zero attached hydrogens (tertiary/aromatic N) is 4. The highest BCUT2D eigenvalue weighted by Gasteiger charge is 2.31. The van der Waals surface area contributed by atoms with Gasteiger partial charge in [-0.3, -0.25) is 9.48 Å². The molecule has 35 heavy (non-hydrogen) atoms. The molecule has 1 amide bonds. The number of anilines is 1. The SMILES string of the molecule is O=C(Cn1nc(-c2ccccc2)c2cc(Cl)ccc21)N1CCN(c2cccc(C(F)(F)F)c2)CC1. The van der Waals surface area contributed by atoms with Gasteiger partial charge >= 0.3 is 6.18 Å². The Morgan fingerprint density at radius 2 is 1.66 bits per heavy atom. The van der Waals surface area contributed by atoms with Crippen LogP contribution in [0.4, 0.5) is 18.9 Å². The minimum absolute atomic E-state index is 0.0640. The molecule has 1 aliphatic rings. The molecule has 9 heteroatoms. The first kappa shape index (κ1) is 23.2. The number of halogens is 4.